The summed E-state index contributed by atoms with van der Waals surface area (Å²) in [6.07, 6.45) is 6.92. The third-order valence-corrected chi connectivity index (χ3v) is 7.23. The number of aromatic nitrogens is 2. The summed E-state index contributed by atoms with van der Waals surface area (Å²) in [5.41, 5.74) is 2.33. The average molecular weight is 423 g/mol. The molecule has 0 aromatic carbocycles. The first-order valence-corrected chi connectivity index (χ1v) is 11.3. The maximum atomic E-state index is 13.2. The van der Waals surface area contributed by atoms with Gasteiger partial charge in [0.15, 0.2) is 6.10 Å². The topological polar surface area (TPSA) is 85.9 Å². The van der Waals surface area contributed by atoms with Crippen LogP contribution in [0.3, 0.4) is 0 Å². The van der Waals surface area contributed by atoms with E-state index in [-0.39, 0.29) is 18.1 Å². The van der Waals surface area contributed by atoms with Gasteiger partial charge in [-0.25, -0.2) is 4.52 Å². The number of ether oxygens (including phenoxy) is 1. The Morgan fingerprint density at radius 1 is 1.23 bits per heavy atom. The summed E-state index contributed by atoms with van der Waals surface area (Å²) in [5, 5.41) is 16.9. The number of fused-ring (bicyclic) bond motifs is 3. The van der Waals surface area contributed by atoms with Gasteiger partial charge in [-0.3, -0.25) is 4.79 Å². The van der Waals surface area contributed by atoms with Gasteiger partial charge >= 0.3 is 0 Å². The molecule has 0 radical (unpaired) electrons. The van der Waals surface area contributed by atoms with E-state index in [4.69, 9.17) is 4.74 Å². The quantitative estimate of drug-likeness (QED) is 0.814. The minimum absolute atomic E-state index is 0.0117. The molecule has 8 nitrogen and oxygen atoms in total. The Balaban J connectivity index is 1.31. The fourth-order valence-corrected chi connectivity index (χ4v) is 5.68. The van der Waals surface area contributed by atoms with Gasteiger partial charge in [-0.15, -0.1) is 0 Å². The van der Waals surface area contributed by atoms with E-state index in [2.05, 4.69) is 33.3 Å². The van der Waals surface area contributed by atoms with E-state index in [1.165, 1.54) is 19.3 Å². The zero-order chi connectivity index (χ0) is 21.5. The molecule has 0 aliphatic carbocycles. The number of piperidine rings is 2. The number of hydrogen-bond donors (Lipinski definition) is 1. The summed E-state index contributed by atoms with van der Waals surface area (Å²) in [7, 11) is 2.23. The normalized spacial score (nSPS) is 31.4. The molecule has 3 saturated heterocycles. The zero-order valence-corrected chi connectivity index (χ0v) is 18.2. The third kappa shape index (κ3) is 3.77. The van der Waals surface area contributed by atoms with Gasteiger partial charge in [0.2, 0.25) is 0 Å². The largest absolute Gasteiger partial charge is 0.364 e. The zero-order valence-electron chi connectivity index (χ0n) is 18.2. The monoisotopic (exact) mass is 422 g/mol. The summed E-state index contributed by atoms with van der Waals surface area (Å²) < 4.78 is 7.71. The fourth-order valence-electron chi connectivity index (χ4n) is 5.68. The number of amides is 1. The number of nitrogens with zero attached hydrogens (tertiary/aromatic N) is 5. The average Bonchev–Trinajstić information content (AvgIpc) is 3.23. The van der Waals surface area contributed by atoms with Crippen molar-refractivity contribution in [1.29, 1.82) is 5.26 Å². The minimum atomic E-state index is -0.512. The molecule has 3 aliphatic heterocycles. The molecule has 5 rings (SSSR count). The van der Waals surface area contributed by atoms with Crippen LogP contribution in [-0.4, -0.2) is 70.9 Å². The van der Waals surface area contributed by atoms with E-state index in [0.717, 1.165) is 24.0 Å². The van der Waals surface area contributed by atoms with Crippen LogP contribution in [0.1, 0.15) is 44.7 Å². The summed E-state index contributed by atoms with van der Waals surface area (Å²) in [5.74, 6) is -0.0117. The van der Waals surface area contributed by atoms with Crippen molar-refractivity contribution in [2.75, 3.05) is 25.0 Å². The Morgan fingerprint density at radius 2 is 2.00 bits per heavy atom. The van der Waals surface area contributed by atoms with Crippen LogP contribution in [0.2, 0.25) is 0 Å². The summed E-state index contributed by atoms with van der Waals surface area (Å²) >= 11 is 0. The van der Waals surface area contributed by atoms with Gasteiger partial charge in [0.05, 0.1) is 30.0 Å². The van der Waals surface area contributed by atoms with Crippen molar-refractivity contribution in [1.82, 2.24) is 19.8 Å². The predicted molar refractivity (Wildman–Crippen MR) is 117 cm³/mol. The summed E-state index contributed by atoms with van der Waals surface area (Å²) in [6, 6.07) is 9.19. The van der Waals surface area contributed by atoms with Crippen LogP contribution >= 0.6 is 0 Å². The van der Waals surface area contributed by atoms with Gasteiger partial charge in [-0.2, -0.15) is 10.4 Å². The lowest BCUT2D eigenvalue weighted by Crippen LogP contribution is -2.58. The summed E-state index contributed by atoms with van der Waals surface area (Å²) in [6.45, 7) is 3.18. The van der Waals surface area contributed by atoms with E-state index in [0.29, 0.717) is 30.9 Å². The summed E-state index contributed by atoms with van der Waals surface area (Å²) in [4.78, 5) is 17.9. The van der Waals surface area contributed by atoms with Crippen LogP contribution in [0.5, 0.6) is 0 Å². The lowest BCUT2D eigenvalue weighted by molar-refractivity contribution is -0.138. The molecular weight excluding hydrogens is 392 g/mol. The van der Waals surface area contributed by atoms with Crippen molar-refractivity contribution in [3.8, 4) is 6.07 Å². The van der Waals surface area contributed by atoms with Crippen molar-refractivity contribution in [2.24, 2.45) is 0 Å². The first-order valence-electron chi connectivity index (χ1n) is 11.3. The standard InChI is InChI=1S/C23H30N6O2/c1-15-13-28(20-7-6-19(12-24)29-21(20)8-9-25-29)14-22(31-15)23(30)26-16-10-17-4-3-5-18(11-16)27(17)2/h6-9,15-18,22H,3-5,10-11,13-14H2,1-2H3,(H,26,30)/t15-,16?,17?,18?,22-/m1/s1. The molecular formula is C23H30N6O2. The van der Waals surface area contributed by atoms with Crippen LogP contribution in [-0.2, 0) is 9.53 Å². The predicted octanol–water partition coefficient (Wildman–Crippen LogP) is 1.93. The number of nitriles is 1. The second kappa shape index (κ2) is 8.13. The Hall–Kier alpha value is -2.63. The third-order valence-electron chi connectivity index (χ3n) is 7.23. The molecule has 8 heteroatoms. The first kappa shape index (κ1) is 20.3. The van der Waals surface area contributed by atoms with Gasteiger partial charge in [0.25, 0.3) is 5.91 Å². The molecule has 31 heavy (non-hydrogen) atoms. The molecule has 2 aromatic heterocycles. The van der Waals surface area contributed by atoms with Crippen molar-refractivity contribution in [3.63, 3.8) is 0 Å². The van der Waals surface area contributed by atoms with Gasteiger partial charge in [-0.1, -0.05) is 6.42 Å². The first-order chi connectivity index (χ1) is 15.0. The van der Waals surface area contributed by atoms with E-state index >= 15 is 0 Å². The molecule has 2 bridgehead atoms. The molecule has 2 aromatic rings. The minimum Gasteiger partial charge on any atom is -0.364 e. The van der Waals surface area contributed by atoms with Crippen LogP contribution in [0.25, 0.3) is 5.52 Å². The molecule has 164 valence electrons. The van der Waals surface area contributed by atoms with Crippen LogP contribution in [0.4, 0.5) is 5.69 Å². The molecule has 3 fully saturated rings. The van der Waals surface area contributed by atoms with Crippen molar-refractivity contribution in [2.45, 2.75) is 69.4 Å². The number of carbonyl (C=O) groups excluding carboxylic acids is 1. The second-order valence-corrected chi connectivity index (χ2v) is 9.27. The molecule has 2 unspecified atom stereocenters. The lowest BCUT2D eigenvalue weighted by Gasteiger charge is -2.47. The van der Waals surface area contributed by atoms with Crippen molar-refractivity contribution >= 4 is 17.1 Å². The smallest absolute Gasteiger partial charge is 0.251 e. The van der Waals surface area contributed by atoms with E-state index in [1.807, 2.05) is 19.1 Å². The van der Waals surface area contributed by atoms with Gasteiger partial charge in [0.1, 0.15) is 11.8 Å². The number of morpholine rings is 1. The maximum Gasteiger partial charge on any atom is 0.251 e. The number of hydrogen-bond acceptors (Lipinski definition) is 6. The molecule has 0 saturated carbocycles. The maximum absolute atomic E-state index is 13.2. The number of anilines is 1. The van der Waals surface area contributed by atoms with Crippen LogP contribution < -0.4 is 10.2 Å². The SMILES string of the molecule is C[C@@H]1CN(c2ccc(C#N)n3nccc23)C[C@H](C(=O)NC2CC3CCCC(C2)N3C)O1. The van der Waals surface area contributed by atoms with Crippen molar-refractivity contribution in [3.05, 3.63) is 30.1 Å². The van der Waals surface area contributed by atoms with Gasteiger partial charge in [0, 0.05) is 24.7 Å². The number of rotatable bonds is 3. The van der Waals surface area contributed by atoms with Crippen LogP contribution in [0.15, 0.2) is 24.4 Å². The Morgan fingerprint density at radius 3 is 2.74 bits per heavy atom. The Labute approximate surface area is 182 Å². The van der Waals surface area contributed by atoms with Crippen molar-refractivity contribution < 1.29 is 9.53 Å². The van der Waals surface area contributed by atoms with E-state index in [9.17, 15) is 10.1 Å². The number of carbonyl (C=O) groups is 1. The highest BCUT2D eigenvalue weighted by Crippen LogP contribution is 2.33. The molecule has 1 N–H and O–H groups in total. The number of pyridine rings is 1. The lowest BCUT2D eigenvalue weighted by atomic mass is 9.82. The van der Waals surface area contributed by atoms with E-state index in [1.54, 1.807) is 16.8 Å². The highest BCUT2D eigenvalue weighted by Gasteiger charge is 2.38. The van der Waals surface area contributed by atoms with E-state index < -0.39 is 6.10 Å². The Kier molecular flexibility index (Phi) is 5.32. The fraction of sp³-hybridized carbons (Fsp3) is 0.609. The molecule has 0 spiro atoms. The van der Waals surface area contributed by atoms with Crippen LogP contribution in [0, 0.1) is 11.3 Å². The molecule has 4 atom stereocenters. The molecule has 1 amide bonds. The highest BCUT2D eigenvalue weighted by molar-refractivity contribution is 5.83. The highest BCUT2D eigenvalue weighted by atomic mass is 16.5. The van der Waals surface area contributed by atoms with Gasteiger partial charge in [-0.05, 0) is 57.9 Å². The number of nitrogens with one attached hydrogen (secondary N) is 1. The molecule has 3 aliphatic rings. The molecule has 5 heterocycles. The second-order valence-electron chi connectivity index (χ2n) is 9.27. The van der Waals surface area contributed by atoms with Gasteiger partial charge < -0.3 is 19.9 Å². The Bertz CT molecular complexity index is 999.